The minimum atomic E-state index is -0.845. The highest BCUT2D eigenvalue weighted by molar-refractivity contribution is 5.87. The molecule has 2 aromatic rings. The van der Waals surface area contributed by atoms with Gasteiger partial charge >= 0.3 is 24.1 Å². The summed E-state index contributed by atoms with van der Waals surface area (Å²) in [6.07, 6.45) is 19.8. The molecule has 372 valence electrons. The molecule has 0 aromatic heterocycles. The van der Waals surface area contributed by atoms with Gasteiger partial charge in [0.25, 0.3) is 0 Å². The third-order valence-electron chi connectivity index (χ3n) is 13.0. The number of esters is 2. The summed E-state index contributed by atoms with van der Waals surface area (Å²) in [6.45, 7) is 15.4. The largest absolute Gasteiger partial charge is 0.490 e. The van der Waals surface area contributed by atoms with E-state index in [0.29, 0.717) is 36.4 Å². The molecule has 2 amide bonds. The van der Waals surface area contributed by atoms with E-state index in [4.69, 9.17) is 28.4 Å². The number of carbonyl (C=O) groups is 4. The lowest BCUT2D eigenvalue weighted by Crippen LogP contribution is -2.41. The second-order valence-electron chi connectivity index (χ2n) is 19.0. The first-order valence-corrected chi connectivity index (χ1v) is 25.4. The zero-order valence-corrected chi connectivity index (χ0v) is 41.3. The van der Waals surface area contributed by atoms with Crippen LogP contribution in [0.3, 0.4) is 0 Å². The van der Waals surface area contributed by atoms with Crippen molar-refractivity contribution in [2.75, 3.05) is 39.5 Å². The van der Waals surface area contributed by atoms with Gasteiger partial charge in [0.2, 0.25) is 0 Å². The number of carbonyl (C=O) groups excluding carboxylic acids is 4. The van der Waals surface area contributed by atoms with Gasteiger partial charge in [-0.3, -0.25) is 0 Å². The van der Waals surface area contributed by atoms with Crippen LogP contribution in [-0.4, -0.2) is 75.9 Å². The first-order valence-electron chi connectivity index (χ1n) is 25.4. The predicted molar refractivity (Wildman–Crippen MR) is 263 cm³/mol. The molecule has 12 heteroatoms. The molecule has 2 aliphatic carbocycles. The molecule has 2 bridgehead atoms. The van der Waals surface area contributed by atoms with Gasteiger partial charge < -0.3 is 39.1 Å². The Bertz CT molecular complexity index is 1670. The summed E-state index contributed by atoms with van der Waals surface area (Å²) < 4.78 is 34.2. The second kappa shape index (κ2) is 31.1. The van der Waals surface area contributed by atoms with Crippen molar-refractivity contribution < 1.29 is 47.6 Å². The number of hydrogen-bond donors (Lipinski definition) is 2. The Kier molecular flexibility index (Phi) is 25.4. The minimum Gasteiger partial charge on any atom is -0.490 e. The number of benzene rings is 2. The van der Waals surface area contributed by atoms with Crippen molar-refractivity contribution in [3.8, 4) is 11.5 Å². The minimum absolute atomic E-state index is 0.00176. The quantitative estimate of drug-likeness (QED) is 0.0301. The molecule has 2 aliphatic rings. The molecule has 67 heavy (non-hydrogen) atoms. The average molecular weight is 931 g/mol. The van der Waals surface area contributed by atoms with Crippen molar-refractivity contribution in [1.82, 2.24) is 10.6 Å². The lowest BCUT2D eigenvalue weighted by Gasteiger charge is -2.30. The van der Waals surface area contributed by atoms with Crippen molar-refractivity contribution >= 4 is 24.1 Å². The smallest absolute Gasteiger partial charge is 0.407 e. The van der Waals surface area contributed by atoms with E-state index in [2.05, 4.69) is 61.9 Å². The van der Waals surface area contributed by atoms with Crippen LogP contribution in [0.25, 0.3) is 0 Å². The Labute approximate surface area is 401 Å². The van der Waals surface area contributed by atoms with Gasteiger partial charge in [-0.05, 0) is 118 Å². The fourth-order valence-corrected chi connectivity index (χ4v) is 9.21. The summed E-state index contributed by atoms with van der Waals surface area (Å²) in [5.74, 6) is 1.32. The number of amides is 2. The van der Waals surface area contributed by atoms with Crippen LogP contribution < -0.4 is 20.1 Å². The number of ether oxygens (including phenoxy) is 6. The highest BCUT2D eigenvalue weighted by atomic mass is 16.6. The fourth-order valence-electron chi connectivity index (χ4n) is 9.21. The molecule has 2 saturated carbocycles. The fraction of sp³-hybridized carbons (Fsp3) is 0.636. The van der Waals surface area contributed by atoms with Crippen molar-refractivity contribution in [3.63, 3.8) is 0 Å². The van der Waals surface area contributed by atoms with Crippen molar-refractivity contribution in [2.24, 2.45) is 23.7 Å². The number of aryl methyl sites for hydroxylation is 2. The topological polar surface area (TPSA) is 148 Å². The van der Waals surface area contributed by atoms with Crippen LogP contribution in [0.5, 0.6) is 11.5 Å². The zero-order chi connectivity index (χ0) is 48.2. The van der Waals surface area contributed by atoms with Gasteiger partial charge in [0.05, 0.1) is 0 Å². The SMILES string of the molecule is C=C(C)C(=O)OCC(COc1ccc(CCCCCCCCC)cc1)OC(=O)NC[C@@H]1CC2CC1[C@@H](CNC(=O)OC(COC(=O)C(=C)C)COc1ccc(CCCCCCCCC)cc1)C2. The number of rotatable bonds is 34. The molecule has 0 aliphatic heterocycles. The number of unbranched alkanes of at least 4 members (excludes halogenated alkanes) is 12. The highest BCUT2D eigenvalue weighted by Gasteiger charge is 2.46. The number of hydrogen-bond acceptors (Lipinski definition) is 10. The Morgan fingerprint density at radius 2 is 0.910 bits per heavy atom. The average Bonchev–Trinajstić information content (AvgIpc) is 3.93. The van der Waals surface area contributed by atoms with E-state index >= 15 is 0 Å². The van der Waals surface area contributed by atoms with Gasteiger partial charge in [0.15, 0.2) is 12.2 Å². The summed E-state index contributed by atoms with van der Waals surface area (Å²) in [4.78, 5) is 50.7. The molecular weight excluding hydrogens is 849 g/mol. The Balaban J connectivity index is 1.20. The van der Waals surface area contributed by atoms with E-state index in [-0.39, 0.29) is 49.4 Å². The van der Waals surface area contributed by atoms with E-state index in [1.165, 1.54) is 88.2 Å². The molecule has 4 rings (SSSR count). The maximum Gasteiger partial charge on any atom is 0.407 e. The number of fused-ring (bicyclic) bond motifs is 2. The van der Waals surface area contributed by atoms with E-state index in [9.17, 15) is 19.2 Å². The summed E-state index contributed by atoms with van der Waals surface area (Å²) in [6, 6.07) is 15.9. The molecule has 0 spiro atoms. The van der Waals surface area contributed by atoms with Crippen LogP contribution in [0.2, 0.25) is 0 Å². The van der Waals surface area contributed by atoms with E-state index in [0.717, 1.165) is 44.9 Å². The van der Waals surface area contributed by atoms with Gasteiger partial charge in [0, 0.05) is 24.2 Å². The van der Waals surface area contributed by atoms with Crippen LogP contribution >= 0.6 is 0 Å². The normalized spacial score (nSPS) is 18.0. The van der Waals surface area contributed by atoms with Crippen molar-refractivity contribution in [1.29, 1.82) is 0 Å². The molecule has 0 radical (unpaired) electrons. The molecular formula is C55H82N2O10. The molecule has 4 unspecified atom stereocenters. The molecule has 0 saturated heterocycles. The second-order valence-corrected chi connectivity index (χ2v) is 19.0. The predicted octanol–water partition coefficient (Wildman–Crippen LogP) is 11.8. The van der Waals surface area contributed by atoms with Crippen LogP contribution in [0.4, 0.5) is 9.59 Å². The monoisotopic (exact) mass is 931 g/mol. The van der Waals surface area contributed by atoms with E-state index in [1.807, 2.05) is 24.3 Å². The Morgan fingerprint density at radius 3 is 1.27 bits per heavy atom. The van der Waals surface area contributed by atoms with Crippen LogP contribution in [0.1, 0.15) is 148 Å². The number of alkyl carbamates (subject to hydrolysis) is 2. The summed E-state index contributed by atoms with van der Waals surface area (Å²) in [5, 5.41) is 5.88. The maximum absolute atomic E-state index is 13.2. The molecule has 2 aromatic carbocycles. The molecule has 0 heterocycles. The van der Waals surface area contributed by atoms with E-state index < -0.39 is 36.3 Å². The van der Waals surface area contributed by atoms with Gasteiger partial charge in [-0.2, -0.15) is 0 Å². The Morgan fingerprint density at radius 1 is 0.537 bits per heavy atom. The molecule has 2 fully saturated rings. The Hall–Kier alpha value is -5.00. The summed E-state index contributed by atoms with van der Waals surface area (Å²) in [5.41, 5.74) is 3.00. The first-order chi connectivity index (χ1) is 32.4. The lowest BCUT2D eigenvalue weighted by molar-refractivity contribution is -0.143. The van der Waals surface area contributed by atoms with Gasteiger partial charge in [-0.15, -0.1) is 0 Å². The van der Waals surface area contributed by atoms with Crippen molar-refractivity contribution in [3.05, 3.63) is 84.0 Å². The zero-order valence-electron chi connectivity index (χ0n) is 41.3. The number of nitrogens with one attached hydrogen (secondary N) is 2. The van der Waals surface area contributed by atoms with Crippen LogP contribution in [0, 0.1) is 23.7 Å². The molecule has 12 nitrogen and oxygen atoms in total. The third-order valence-corrected chi connectivity index (χ3v) is 13.0. The van der Waals surface area contributed by atoms with Gasteiger partial charge in [-0.25, -0.2) is 19.2 Å². The van der Waals surface area contributed by atoms with Crippen molar-refractivity contribution in [2.45, 2.75) is 162 Å². The first kappa shape index (κ1) is 54.6. The van der Waals surface area contributed by atoms with Crippen LogP contribution in [-0.2, 0) is 41.4 Å². The highest BCUT2D eigenvalue weighted by Crippen LogP contribution is 2.51. The van der Waals surface area contributed by atoms with Gasteiger partial charge in [-0.1, -0.05) is 128 Å². The summed E-state index contributed by atoms with van der Waals surface area (Å²) in [7, 11) is 0. The third kappa shape index (κ3) is 21.7. The standard InChI is InChI=1S/C55H82N2O10/c1-7-9-11-13-15-17-19-21-42-23-27-47(28-24-42)62-36-49(38-64-52(58)40(3)4)66-54(60)56-34-45-31-44-32-46(51(45)33-44)35-57-55(61)67-50(39-65-53(59)41(5)6)37-63-48-29-25-43(26-30-48)22-20-18-16-14-12-10-8-2/h23-30,44-46,49-51H,3,5,7-22,31-39H2,1-2,4,6H3,(H,56,60)(H,57,61)/t44?,45-,46+,49?,50?,51?. The molecule has 6 atom stereocenters. The maximum atomic E-state index is 13.2. The van der Waals surface area contributed by atoms with Crippen LogP contribution in [0.15, 0.2) is 72.8 Å². The molecule has 2 N–H and O–H groups in total. The van der Waals surface area contributed by atoms with E-state index in [1.54, 1.807) is 13.8 Å². The van der Waals surface area contributed by atoms with Gasteiger partial charge in [0.1, 0.15) is 37.9 Å². The summed E-state index contributed by atoms with van der Waals surface area (Å²) >= 11 is 0. The lowest BCUT2D eigenvalue weighted by atomic mass is 9.80.